The maximum absolute atomic E-state index is 13.3. The van der Waals surface area contributed by atoms with Crippen LogP contribution in [-0.4, -0.2) is 33.9 Å². The number of piperidine rings is 1. The van der Waals surface area contributed by atoms with Crippen LogP contribution in [0, 0.1) is 12.8 Å². The van der Waals surface area contributed by atoms with Crippen molar-refractivity contribution in [1.82, 2.24) is 14.9 Å². The van der Waals surface area contributed by atoms with Gasteiger partial charge in [-0.1, -0.05) is 13.0 Å². The Labute approximate surface area is 178 Å². The number of aryl methyl sites for hydroxylation is 1. The third-order valence-corrected chi connectivity index (χ3v) is 5.50. The highest BCUT2D eigenvalue weighted by molar-refractivity contribution is 6.07. The molecule has 5 nitrogen and oxygen atoms in total. The predicted molar refractivity (Wildman–Crippen MR) is 113 cm³/mol. The Kier molecular flexibility index (Phi) is 5.56. The van der Waals surface area contributed by atoms with Crippen LogP contribution in [0.25, 0.3) is 11.0 Å². The molecule has 0 spiro atoms. The molecule has 1 saturated heterocycles. The third-order valence-electron chi connectivity index (χ3n) is 5.50. The Morgan fingerprint density at radius 1 is 1.23 bits per heavy atom. The molecule has 0 aliphatic carbocycles. The molecule has 0 radical (unpaired) electrons. The van der Waals surface area contributed by atoms with Gasteiger partial charge in [0, 0.05) is 36.1 Å². The van der Waals surface area contributed by atoms with Crippen molar-refractivity contribution in [2.24, 2.45) is 5.92 Å². The zero-order valence-corrected chi connectivity index (χ0v) is 17.3. The van der Waals surface area contributed by atoms with Gasteiger partial charge in [-0.2, -0.15) is 13.2 Å². The molecule has 0 unspecified atom stereocenters. The zero-order valence-electron chi connectivity index (χ0n) is 17.3. The lowest BCUT2D eigenvalue weighted by Crippen LogP contribution is -2.39. The average Bonchev–Trinajstić information content (AvgIpc) is 2.73. The molecule has 1 aromatic carbocycles. The molecule has 4 rings (SSSR count). The van der Waals surface area contributed by atoms with Crippen LogP contribution in [0.3, 0.4) is 0 Å². The van der Waals surface area contributed by atoms with E-state index >= 15 is 0 Å². The summed E-state index contributed by atoms with van der Waals surface area (Å²) in [4.78, 5) is 23.9. The van der Waals surface area contributed by atoms with Gasteiger partial charge < -0.3 is 10.2 Å². The first kappa shape index (κ1) is 21.1. The Balaban J connectivity index is 1.80. The van der Waals surface area contributed by atoms with Crippen LogP contribution in [0.1, 0.15) is 41.4 Å². The topological polar surface area (TPSA) is 58.1 Å². The first-order valence-corrected chi connectivity index (χ1v) is 10.2. The Morgan fingerprint density at radius 3 is 2.77 bits per heavy atom. The van der Waals surface area contributed by atoms with E-state index in [1.807, 2.05) is 6.92 Å². The molecular weight excluding hydrogens is 405 g/mol. The monoisotopic (exact) mass is 428 g/mol. The SMILES string of the molecule is Cc1ccc2c(Nc3cccc(C(F)(F)F)c3)c(C(=O)N3CCC[C@@H](C)C3)cnc2n1. The van der Waals surface area contributed by atoms with E-state index in [1.165, 1.54) is 12.3 Å². The van der Waals surface area contributed by atoms with Crippen molar-refractivity contribution in [3.8, 4) is 0 Å². The Morgan fingerprint density at radius 2 is 2.03 bits per heavy atom. The Hall–Kier alpha value is -3.16. The lowest BCUT2D eigenvalue weighted by molar-refractivity contribution is -0.137. The van der Waals surface area contributed by atoms with E-state index in [-0.39, 0.29) is 11.6 Å². The second kappa shape index (κ2) is 8.17. The molecule has 0 bridgehead atoms. The summed E-state index contributed by atoms with van der Waals surface area (Å²) in [6.07, 6.45) is -1.01. The number of pyridine rings is 2. The lowest BCUT2D eigenvalue weighted by atomic mass is 9.99. The molecule has 1 N–H and O–H groups in total. The minimum absolute atomic E-state index is 0.184. The smallest absolute Gasteiger partial charge is 0.354 e. The van der Waals surface area contributed by atoms with E-state index in [0.717, 1.165) is 30.7 Å². The average molecular weight is 428 g/mol. The van der Waals surface area contributed by atoms with E-state index in [2.05, 4.69) is 22.2 Å². The fourth-order valence-electron chi connectivity index (χ4n) is 3.93. The van der Waals surface area contributed by atoms with Gasteiger partial charge in [0.2, 0.25) is 0 Å². The predicted octanol–water partition coefficient (Wildman–Crippen LogP) is 5.57. The van der Waals surface area contributed by atoms with Crippen molar-refractivity contribution in [1.29, 1.82) is 0 Å². The normalized spacial score (nSPS) is 17.1. The van der Waals surface area contributed by atoms with Crippen molar-refractivity contribution in [2.45, 2.75) is 32.9 Å². The van der Waals surface area contributed by atoms with Crippen LogP contribution in [0.4, 0.5) is 24.5 Å². The standard InChI is InChI=1S/C23H23F3N4O/c1-14-5-4-10-30(13-14)22(31)19-12-27-21-18(9-8-15(2)28-21)20(19)29-17-7-3-6-16(11-17)23(24,25)26/h3,6-9,11-12,14H,4-5,10,13H2,1-2H3,(H,27,28,29)/t14-/m1/s1. The third kappa shape index (κ3) is 4.47. The van der Waals surface area contributed by atoms with Crippen molar-refractivity contribution in [3.63, 3.8) is 0 Å². The van der Waals surface area contributed by atoms with Gasteiger partial charge in [-0.3, -0.25) is 4.79 Å². The summed E-state index contributed by atoms with van der Waals surface area (Å²) in [5.74, 6) is 0.214. The van der Waals surface area contributed by atoms with E-state index < -0.39 is 11.7 Å². The molecule has 1 fully saturated rings. The number of carbonyl (C=O) groups is 1. The van der Waals surface area contributed by atoms with Gasteiger partial charge in [-0.05, 0) is 56.0 Å². The summed E-state index contributed by atoms with van der Waals surface area (Å²) in [5.41, 5.74) is 1.41. The van der Waals surface area contributed by atoms with Gasteiger partial charge in [0.25, 0.3) is 5.91 Å². The number of rotatable bonds is 3. The van der Waals surface area contributed by atoms with Crippen LogP contribution in [0.2, 0.25) is 0 Å². The fraction of sp³-hybridized carbons (Fsp3) is 0.348. The maximum Gasteiger partial charge on any atom is 0.416 e. The molecular formula is C23H23F3N4O. The van der Waals surface area contributed by atoms with E-state index in [9.17, 15) is 18.0 Å². The van der Waals surface area contributed by atoms with Crippen molar-refractivity contribution >= 4 is 28.3 Å². The molecule has 162 valence electrons. The summed E-state index contributed by atoms with van der Waals surface area (Å²) in [5, 5.41) is 3.63. The number of halogens is 3. The molecule has 2 aromatic heterocycles. The number of benzene rings is 1. The summed E-state index contributed by atoms with van der Waals surface area (Å²) >= 11 is 0. The highest BCUT2D eigenvalue weighted by Gasteiger charge is 2.31. The van der Waals surface area contributed by atoms with Gasteiger partial charge in [0.05, 0.1) is 16.8 Å². The number of alkyl halides is 3. The molecule has 3 heterocycles. The van der Waals surface area contributed by atoms with Crippen LogP contribution < -0.4 is 5.32 Å². The fourth-order valence-corrected chi connectivity index (χ4v) is 3.93. The second-order valence-electron chi connectivity index (χ2n) is 8.07. The van der Waals surface area contributed by atoms with Crippen molar-refractivity contribution in [2.75, 3.05) is 18.4 Å². The Bertz CT molecular complexity index is 1130. The second-order valence-corrected chi connectivity index (χ2v) is 8.07. The number of nitrogens with one attached hydrogen (secondary N) is 1. The zero-order chi connectivity index (χ0) is 22.2. The van der Waals surface area contributed by atoms with Crippen LogP contribution in [-0.2, 0) is 6.18 Å². The number of hydrogen-bond donors (Lipinski definition) is 1. The minimum atomic E-state index is -4.46. The van der Waals surface area contributed by atoms with Gasteiger partial charge in [0.15, 0.2) is 5.65 Å². The molecule has 1 aliphatic heterocycles. The van der Waals surface area contributed by atoms with Crippen molar-refractivity contribution < 1.29 is 18.0 Å². The maximum atomic E-state index is 13.3. The van der Waals surface area contributed by atoms with E-state index in [0.29, 0.717) is 41.3 Å². The summed E-state index contributed by atoms with van der Waals surface area (Å²) in [6.45, 7) is 5.23. The summed E-state index contributed by atoms with van der Waals surface area (Å²) in [7, 11) is 0. The molecule has 0 saturated carbocycles. The van der Waals surface area contributed by atoms with Crippen LogP contribution in [0.5, 0.6) is 0 Å². The van der Waals surface area contributed by atoms with Crippen LogP contribution in [0.15, 0.2) is 42.6 Å². The highest BCUT2D eigenvalue weighted by Crippen LogP contribution is 2.34. The summed E-state index contributed by atoms with van der Waals surface area (Å²) in [6, 6.07) is 8.51. The molecule has 31 heavy (non-hydrogen) atoms. The first-order valence-electron chi connectivity index (χ1n) is 10.2. The minimum Gasteiger partial charge on any atom is -0.354 e. The molecule has 1 amide bonds. The summed E-state index contributed by atoms with van der Waals surface area (Å²) < 4.78 is 39.5. The lowest BCUT2D eigenvalue weighted by Gasteiger charge is -2.31. The highest BCUT2D eigenvalue weighted by atomic mass is 19.4. The quantitative estimate of drug-likeness (QED) is 0.592. The number of fused-ring (bicyclic) bond motifs is 1. The number of nitrogens with zero attached hydrogens (tertiary/aromatic N) is 3. The first-order chi connectivity index (χ1) is 14.7. The molecule has 1 atom stereocenters. The number of likely N-dealkylation sites (tertiary alicyclic amines) is 1. The van der Waals surface area contributed by atoms with Crippen molar-refractivity contribution in [3.05, 3.63) is 59.4 Å². The van der Waals surface area contributed by atoms with E-state index in [1.54, 1.807) is 23.1 Å². The molecule has 3 aromatic rings. The largest absolute Gasteiger partial charge is 0.416 e. The number of aromatic nitrogens is 2. The number of hydrogen-bond acceptors (Lipinski definition) is 4. The van der Waals surface area contributed by atoms with E-state index in [4.69, 9.17) is 0 Å². The number of anilines is 2. The molecule has 8 heteroatoms. The number of carbonyl (C=O) groups excluding carboxylic acids is 1. The van der Waals surface area contributed by atoms with Gasteiger partial charge in [-0.15, -0.1) is 0 Å². The molecule has 1 aliphatic rings. The van der Waals surface area contributed by atoms with Gasteiger partial charge >= 0.3 is 6.18 Å². The number of amides is 1. The van der Waals surface area contributed by atoms with Gasteiger partial charge in [0.1, 0.15) is 0 Å². The van der Waals surface area contributed by atoms with Gasteiger partial charge in [-0.25, -0.2) is 9.97 Å². The van der Waals surface area contributed by atoms with Crippen LogP contribution >= 0.6 is 0 Å².